The van der Waals surface area contributed by atoms with E-state index in [-0.39, 0.29) is 42.3 Å². The largest absolute Gasteiger partial charge is 0.480 e. The molecule has 0 unspecified atom stereocenters. The van der Waals surface area contributed by atoms with Gasteiger partial charge in [0.25, 0.3) is 0 Å². The van der Waals surface area contributed by atoms with Crippen molar-refractivity contribution < 1.29 is 24.3 Å². The molecule has 2 N–H and O–H groups in total. The Labute approximate surface area is 222 Å². The Hall–Kier alpha value is -2.20. The van der Waals surface area contributed by atoms with Crippen molar-refractivity contribution in [2.24, 2.45) is 11.3 Å². The second-order valence-corrected chi connectivity index (χ2v) is 12.3. The van der Waals surface area contributed by atoms with Gasteiger partial charge in [-0.1, -0.05) is 41.0 Å². The fourth-order valence-electron chi connectivity index (χ4n) is 5.54. The molecule has 2 aliphatic heterocycles. The summed E-state index contributed by atoms with van der Waals surface area (Å²) >= 11 is 0. The predicted molar refractivity (Wildman–Crippen MR) is 143 cm³/mol. The SMILES string of the molecule is CC(C)[C@@H](CN1CCC[C@H]1C(=O)N(C)CC(=O)O)N(C)C(=O)[C@@H](NC(=O)[C@H]1CCCCN1C)C(C)(C)C. The summed E-state index contributed by atoms with van der Waals surface area (Å²) < 4.78 is 0. The van der Waals surface area contributed by atoms with Gasteiger partial charge in [-0.25, -0.2) is 0 Å². The molecule has 0 aromatic carbocycles. The van der Waals surface area contributed by atoms with Gasteiger partial charge in [-0.2, -0.15) is 0 Å². The molecule has 0 bridgehead atoms. The highest BCUT2D eigenvalue weighted by Crippen LogP contribution is 2.26. The Morgan fingerprint density at radius 2 is 1.62 bits per heavy atom. The average Bonchev–Trinajstić information content (AvgIpc) is 3.26. The summed E-state index contributed by atoms with van der Waals surface area (Å²) in [5.41, 5.74) is -0.485. The number of carbonyl (C=O) groups excluding carboxylic acids is 3. The molecule has 0 aromatic rings. The molecule has 212 valence electrons. The molecule has 10 nitrogen and oxygen atoms in total. The Morgan fingerprint density at radius 1 is 1.00 bits per heavy atom. The average molecular weight is 524 g/mol. The van der Waals surface area contributed by atoms with Crippen LogP contribution in [0.2, 0.25) is 0 Å². The monoisotopic (exact) mass is 523 g/mol. The maximum absolute atomic E-state index is 13.9. The Kier molecular flexibility index (Phi) is 10.9. The standard InChI is InChI=1S/C27H49N5O5/c1-18(2)21(16-32-15-11-13-20(32)25(36)30(7)17-22(33)34)31(8)26(37)23(27(3,4)5)28-24(35)19-12-9-10-14-29(19)6/h18-21,23H,9-17H2,1-8H3,(H,28,35)(H,33,34)/t19-,20+,21-,23-/m1/s1. The molecule has 0 radical (unpaired) electrons. The van der Waals surface area contributed by atoms with Gasteiger partial charge in [0.05, 0.1) is 12.1 Å². The smallest absolute Gasteiger partial charge is 0.323 e. The van der Waals surface area contributed by atoms with Gasteiger partial charge in [-0.05, 0) is 57.2 Å². The van der Waals surface area contributed by atoms with E-state index in [1.54, 1.807) is 11.9 Å². The van der Waals surface area contributed by atoms with Gasteiger partial charge in [-0.15, -0.1) is 0 Å². The van der Waals surface area contributed by atoms with E-state index in [1.807, 2.05) is 27.8 Å². The van der Waals surface area contributed by atoms with Gasteiger partial charge in [0.15, 0.2) is 0 Å². The van der Waals surface area contributed by atoms with Gasteiger partial charge in [0.2, 0.25) is 17.7 Å². The van der Waals surface area contributed by atoms with E-state index < -0.39 is 23.5 Å². The van der Waals surface area contributed by atoms with Crippen molar-refractivity contribution in [3.63, 3.8) is 0 Å². The van der Waals surface area contributed by atoms with Crippen LogP contribution in [0.3, 0.4) is 0 Å². The number of amides is 3. The molecule has 2 heterocycles. The lowest BCUT2D eigenvalue weighted by Crippen LogP contribution is -2.61. The van der Waals surface area contributed by atoms with Gasteiger partial charge in [0.1, 0.15) is 12.6 Å². The van der Waals surface area contributed by atoms with Gasteiger partial charge < -0.3 is 20.2 Å². The van der Waals surface area contributed by atoms with E-state index in [0.717, 1.165) is 38.8 Å². The van der Waals surface area contributed by atoms with Crippen LogP contribution in [0.4, 0.5) is 0 Å². The molecule has 4 atom stereocenters. The maximum Gasteiger partial charge on any atom is 0.323 e. The van der Waals surface area contributed by atoms with Crippen LogP contribution in [0.25, 0.3) is 0 Å². The van der Waals surface area contributed by atoms with Crippen LogP contribution >= 0.6 is 0 Å². The van der Waals surface area contributed by atoms with Crippen LogP contribution in [0.15, 0.2) is 0 Å². The summed E-state index contributed by atoms with van der Waals surface area (Å²) in [6.07, 6.45) is 4.38. The van der Waals surface area contributed by atoms with E-state index in [1.165, 1.54) is 11.9 Å². The number of nitrogens with zero attached hydrogens (tertiary/aromatic N) is 4. The predicted octanol–water partition coefficient (Wildman–Crippen LogP) is 1.49. The highest BCUT2D eigenvalue weighted by Gasteiger charge is 2.41. The number of piperidine rings is 1. The number of likely N-dealkylation sites (tertiary alicyclic amines) is 2. The molecule has 2 rings (SSSR count). The summed E-state index contributed by atoms with van der Waals surface area (Å²) in [6.45, 7) is 11.8. The Balaban J connectivity index is 2.18. The van der Waals surface area contributed by atoms with Gasteiger partial charge >= 0.3 is 5.97 Å². The number of carbonyl (C=O) groups is 4. The van der Waals surface area contributed by atoms with Crippen LogP contribution in [0, 0.1) is 11.3 Å². The number of carboxylic acids is 1. The molecule has 2 aliphatic rings. The minimum atomic E-state index is -1.04. The molecule has 0 aliphatic carbocycles. The first-order valence-corrected chi connectivity index (χ1v) is 13.6. The highest BCUT2D eigenvalue weighted by atomic mass is 16.4. The third-order valence-corrected chi connectivity index (χ3v) is 7.91. The molecular formula is C27H49N5O5. The van der Waals surface area contributed by atoms with Crippen LogP contribution < -0.4 is 5.32 Å². The lowest BCUT2D eigenvalue weighted by Gasteiger charge is -2.41. The lowest BCUT2D eigenvalue weighted by molar-refractivity contribution is -0.146. The lowest BCUT2D eigenvalue weighted by atomic mass is 9.84. The molecular weight excluding hydrogens is 474 g/mol. The second kappa shape index (κ2) is 13.0. The third-order valence-electron chi connectivity index (χ3n) is 7.91. The summed E-state index contributed by atoms with van der Waals surface area (Å²) in [4.78, 5) is 58.3. The number of hydrogen-bond acceptors (Lipinski definition) is 6. The molecule has 0 aromatic heterocycles. The fraction of sp³-hybridized carbons (Fsp3) is 0.852. The van der Waals surface area contributed by atoms with Crippen LogP contribution in [0.1, 0.15) is 66.7 Å². The summed E-state index contributed by atoms with van der Waals surface area (Å²) in [7, 11) is 5.26. The van der Waals surface area contributed by atoms with Crippen LogP contribution in [-0.4, -0.2) is 120 Å². The molecule has 2 fully saturated rings. The number of nitrogens with one attached hydrogen (secondary N) is 1. The van der Waals surface area contributed by atoms with Crippen LogP contribution in [-0.2, 0) is 19.2 Å². The fourth-order valence-corrected chi connectivity index (χ4v) is 5.54. The van der Waals surface area contributed by atoms with Crippen molar-refractivity contribution >= 4 is 23.7 Å². The highest BCUT2D eigenvalue weighted by molar-refractivity contribution is 5.90. The Bertz CT molecular complexity index is 826. The van der Waals surface area contributed by atoms with E-state index in [0.29, 0.717) is 13.0 Å². The first-order chi connectivity index (χ1) is 17.1. The first kappa shape index (κ1) is 31.0. The van der Waals surface area contributed by atoms with Gasteiger partial charge in [0, 0.05) is 26.7 Å². The number of rotatable bonds is 10. The van der Waals surface area contributed by atoms with Crippen molar-refractivity contribution in [2.75, 3.05) is 47.3 Å². The van der Waals surface area contributed by atoms with E-state index >= 15 is 0 Å². The number of carboxylic acid groups (broad SMARTS) is 1. The van der Waals surface area contributed by atoms with Crippen molar-refractivity contribution in [1.82, 2.24) is 24.9 Å². The van der Waals surface area contributed by atoms with Crippen molar-refractivity contribution in [2.45, 2.75) is 90.9 Å². The summed E-state index contributed by atoms with van der Waals surface area (Å²) in [6, 6.07) is -1.48. The Morgan fingerprint density at radius 3 is 2.16 bits per heavy atom. The zero-order valence-corrected chi connectivity index (χ0v) is 24.1. The minimum Gasteiger partial charge on any atom is -0.480 e. The molecule has 0 spiro atoms. The summed E-state index contributed by atoms with van der Waals surface area (Å²) in [5.74, 6) is -1.36. The third kappa shape index (κ3) is 8.14. The first-order valence-electron chi connectivity index (χ1n) is 13.6. The topological polar surface area (TPSA) is 113 Å². The molecule has 10 heteroatoms. The van der Waals surface area contributed by atoms with Crippen molar-refractivity contribution in [3.05, 3.63) is 0 Å². The number of likely N-dealkylation sites (N-methyl/N-ethyl adjacent to an activating group) is 3. The van der Waals surface area contributed by atoms with Crippen molar-refractivity contribution in [1.29, 1.82) is 0 Å². The summed E-state index contributed by atoms with van der Waals surface area (Å²) in [5, 5.41) is 12.2. The zero-order chi connectivity index (χ0) is 28.1. The quantitative estimate of drug-likeness (QED) is 0.446. The maximum atomic E-state index is 13.9. The zero-order valence-electron chi connectivity index (χ0n) is 24.1. The van der Waals surface area contributed by atoms with E-state index in [4.69, 9.17) is 5.11 Å². The molecule has 0 saturated carbocycles. The molecule has 2 saturated heterocycles. The normalized spacial score (nSPS) is 22.9. The van der Waals surface area contributed by atoms with Crippen molar-refractivity contribution in [3.8, 4) is 0 Å². The number of aliphatic carboxylic acids is 1. The minimum absolute atomic E-state index is 0.100. The van der Waals surface area contributed by atoms with Gasteiger partial charge in [-0.3, -0.25) is 29.0 Å². The second-order valence-electron chi connectivity index (χ2n) is 12.3. The molecule has 37 heavy (non-hydrogen) atoms. The van der Waals surface area contributed by atoms with E-state index in [2.05, 4.69) is 29.0 Å². The number of hydrogen-bond donors (Lipinski definition) is 2. The van der Waals surface area contributed by atoms with E-state index in [9.17, 15) is 19.2 Å². The molecule has 3 amide bonds. The van der Waals surface area contributed by atoms with Crippen LogP contribution in [0.5, 0.6) is 0 Å².